The zero-order valence-electron chi connectivity index (χ0n) is 20.3. The highest BCUT2D eigenvalue weighted by atomic mass is 32.2. The topological polar surface area (TPSA) is 114 Å². The molecule has 0 aliphatic heterocycles. The molecule has 0 aromatic heterocycles. The minimum Gasteiger partial charge on any atom is -0.497 e. The van der Waals surface area contributed by atoms with Gasteiger partial charge in [0.15, 0.2) is 0 Å². The summed E-state index contributed by atoms with van der Waals surface area (Å²) in [5.74, 6) is -0.178. The first kappa shape index (κ1) is 25.8. The van der Waals surface area contributed by atoms with Crippen LogP contribution in [-0.4, -0.2) is 27.3 Å². The van der Waals surface area contributed by atoms with Crippen LogP contribution in [0.5, 0.6) is 5.75 Å². The largest absolute Gasteiger partial charge is 0.497 e. The molecule has 0 saturated heterocycles. The van der Waals surface area contributed by atoms with Crippen LogP contribution in [0.2, 0.25) is 0 Å². The summed E-state index contributed by atoms with van der Waals surface area (Å²) in [6.07, 6.45) is 0. The minimum absolute atomic E-state index is 0.0428. The summed E-state index contributed by atoms with van der Waals surface area (Å²) in [6.45, 7) is 7.14. The van der Waals surface area contributed by atoms with Gasteiger partial charge in [0.2, 0.25) is 5.91 Å². The Hall–Kier alpha value is -3.85. The number of hydrogen-bond acceptors (Lipinski definition) is 5. The smallest absolute Gasteiger partial charge is 0.261 e. The van der Waals surface area contributed by atoms with Crippen LogP contribution >= 0.6 is 0 Å². The number of amides is 2. The maximum atomic E-state index is 13.1. The molecule has 0 spiro atoms. The Labute approximate surface area is 205 Å². The number of benzene rings is 3. The van der Waals surface area contributed by atoms with E-state index >= 15 is 0 Å². The lowest BCUT2D eigenvalue weighted by Crippen LogP contribution is -2.19. The fourth-order valence-corrected chi connectivity index (χ4v) is 4.28. The van der Waals surface area contributed by atoms with Crippen molar-refractivity contribution in [2.24, 2.45) is 5.92 Å². The highest BCUT2D eigenvalue weighted by molar-refractivity contribution is 7.92. The van der Waals surface area contributed by atoms with Crippen LogP contribution in [0.4, 0.5) is 17.1 Å². The number of carbonyl (C=O) groups excluding carboxylic acids is 2. The molecule has 184 valence electrons. The van der Waals surface area contributed by atoms with Crippen molar-refractivity contribution >= 4 is 38.9 Å². The lowest BCUT2D eigenvalue weighted by molar-refractivity contribution is -0.118. The Kier molecular flexibility index (Phi) is 7.81. The van der Waals surface area contributed by atoms with Crippen LogP contribution < -0.4 is 20.1 Å². The molecule has 0 radical (unpaired) electrons. The van der Waals surface area contributed by atoms with Gasteiger partial charge in [-0.25, -0.2) is 8.42 Å². The zero-order valence-corrected chi connectivity index (χ0v) is 21.1. The van der Waals surface area contributed by atoms with E-state index in [0.29, 0.717) is 28.4 Å². The molecular formula is C26H29N3O5S. The van der Waals surface area contributed by atoms with Crippen molar-refractivity contribution in [3.63, 3.8) is 0 Å². The third kappa shape index (κ3) is 6.39. The highest BCUT2D eigenvalue weighted by Gasteiger charge is 2.19. The Morgan fingerprint density at radius 3 is 2.09 bits per heavy atom. The van der Waals surface area contributed by atoms with Crippen molar-refractivity contribution in [1.82, 2.24) is 0 Å². The summed E-state index contributed by atoms with van der Waals surface area (Å²) in [4.78, 5) is 25.1. The van der Waals surface area contributed by atoms with Gasteiger partial charge >= 0.3 is 0 Å². The summed E-state index contributed by atoms with van der Waals surface area (Å²) in [5, 5.41) is 5.64. The van der Waals surface area contributed by atoms with Gasteiger partial charge in [0, 0.05) is 28.5 Å². The van der Waals surface area contributed by atoms with E-state index in [0.717, 1.165) is 5.56 Å². The molecule has 0 saturated carbocycles. The fraction of sp³-hybridized carbons (Fsp3) is 0.231. The number of anilines is 3. The summed E-state index contributed by atoms with van der Waals surface area (Å²) < 4.78 is 33.5. The number of nitrogens with one attached hydrogen (secondary N) is 3. The van der Waals surface area contributed by atoms with Crippen molar-refractivity contribution in [3.05, 3.63) is 77.4 Å². The predicted molar refractivity (Wildman–Crippen MR) is 138 cm³/mol. The Bertz CT molecular complexity index is 1350. The van der Waals surface area contributed by atoms with Crippen LogP contribution in [0.15, 0.2) is 65.6 Å². The lowest BCUT2D eigenvalue weighted by Gasteiger charge is -2.14. The number of rotatable bonds is 8. The summed E-state index contributed by atoms with van der Waals surface area (Å²) in [6, 6.07) is 16.1. The molecule has 9 heteroatoms. The second-order valence-electron chi connectivity index (χ2n) is 8.44. The SMILES string of the molecule is COc1ccc(NS(=O)(=O)c2ccc(C)c(C(=O)Nc3cc(NC(=O)C(C)C)ccc3C)c2)cc1. The molecule has 3 aromatic rings. The van der Waals surface area contributed by atoms with Crippen LogP contribution in [0.1, 0.15) is 35.3 Å². The average Bonchev–Trinajstić information content (AvgIpc) is 2.81. The Morgan fingerprint density at radius 2 is 1.46 bits per heavy atom. The molecule has 8 nitrogen and oxygen atoms in total. The number of carbonyl (C=O) groups is 2. The third-order valence-electron chi connectivity index (χ3n) is 5.38. The van der Waals surface area contributed by atoms with E-state index in [-0.39, 0.29) is 22.3 Å². The molecule has 0 aliphatic carbocycles. The maximum absolute atomic E-state index is 13.1. The molecule has 0 aliphatic rings. The zero-order chi connectivity index (χ0) is 25.8. The number of sulfonamides is 1. The molecule has 3 aromatic carbocycles. The van der Waals surface area contributed by atoms with Gasteiger partial charge in [-0.1, -0.05) is 26.0 Å². The fourth-order valence-electron chi connectivity index (χ4n) is 3.20. The molecule has 35 heavy (non-hydrogen) atoms. The van der Waals surface area contributed by atoms with Gasteiger partial charge in [0.1, 0.15) is 5.75 Å². The molecule has 0 unspecified atom stereocenters. The van der Waals surface area contributed by atoms with Crippen LogP contribution in [0.3, 0.4) is 0 Å². The second kappa shape index (κ2) is 10.6. The van der Waals surface area contributed by atoms with Crippen molar-refractivity contribution in [2.45, 2.75) is 32.6 Å². The van der Waals surface area contributed by atoms with Crippen molar-refractivity contribution in [2.75, 3.05) is 22.5 Å². The molecule has 3 rings (SSSR count). The van der Waals surface area contributed by atoms with E-state index in [1.54, 1.807) is 69.3 Å². The normalized spacial score (nSPS) is 11.1. The summed E-state index contributed by atoms with van der Waals surface area (Å²) in [5.41, 5.74) is 3.07. The standard InChI is InChI=1S/C26H29N3O5S/c1-16(2)25(30)27-20-8-6-18(4)24(14-20)28-26(31)23-15-22(13-7-17(23)3)35(32,33)29-19-9-11-21(34-5)12-10-19/h6-16,29H,1-5H3,(H,27,30)(H,28,31). The number of aryl methyl sites for hydroxylation is 2. The molecule has 3 N–H and O–H groups in total. The lowest BCUT2D eigenvalue weighted by atomic mass is 10.1. The molecule has 0 bridgehead atoms. The molecule has 0 atom stereocenters. The van der Waals surface area contributed by atoms with E-state index < -0.39 is 15.9 Å². The van der Waals surface area contributed by atoms with Gasteiger partial charge < -0.3 is 15.4 Å². The highest BCUT2D eigenvalue weighted by Crippen LogP contribution is 2.24. The van der Waals surface area contributed by atoms with Crippen molar-refractivity contribution < 1.29 is 22.7 Å². The van der Waals surface area contributed by atoms with Gasteiger partial charge in [0.25, 0.3) is 15.9 Å². The minimum atomic E-state index is -3.93. The number of hydrogen-bond donors (Lipinski definition) is 3. The van der Waals surface area contributed by atoms with E-state index in [1.165, 1.54) is 19.2 Å². The summed E-state index contributed by atoms with van der Waals surface area (Å²) in [7, 11) is -2.41. The maximum Gasteiger partial charge on any atom is 0.261 e. The second-order valence-corrected chi connectivity index (χ2v) is 10.1. The van der Waals surface area contributed by atoms with Gasteiger partial charge in [0.05, 0.1) is 12.0 Å². The first-order chi connectivity index (χ1) is 16.5. The molecule has 2 amide bonds. The van der Waals surface area contributed by atoms with Gasteiger partial charge in [-0.05, 0) is 73.5 Å². The average molecular weight is 496 g/mol. The quantitative estimate of drug-likeness (QED) is 0.409. The molecule has 0 fully saturated rings. The van der Waals surface area contributed by atoms with Gasteiger partial charge in [-0.3, -0.25) is 14.3 Å². The predicted octanol–water partition coefficient (Wildman–Crippen LogP) is 4.96. The van der Waals surface area contributed by atoms with E-state index in [1.807, 2.05) is 6.92 Å². The van der Waals surface area contributed by atoms with Gasteiger partial charge in [-0.15, -0.1) is 0 Å². The monoisotopic (exact) mass is 495 g/mol. The number of methoxy groups -OCH3 is 1. The van der Waals surface area contributed by atoms with Crippen molar-refractivity contribution in [1.29, 1.82) is 0 Å². The van der Waals surface area contributed by atoms with Crippen LogP contribution in [-0.2, 0) is 14.8 Å². The Balaban J connectivity index is 1.84. The van der Waals surface area contributed by atoms with E-state index in [9.17, 15) is 18.0 Å². The molecular weight excluding hydrogens is 466 g/mol. The van der Waals surface area contributed by atoms with E-state index in [4.69, 9.17) is 4.74 Å². The van der Waals surface area contributed by atoms with Crippen LogP contribution in [0, 0.1) is 19.8 Å². The Morgan fingerprint density at radius 1 is 0.829 bits per heavy atom. The van der Waals surface area contributed by atoms with Crippen molar-refractivity contribution in [3.8, 4) is 5.75 Å². The van der Waals surface area contributed by atoms with Gasteiger partial charge in [-0.2, -0.15) is 0 Å². The molecule has 0 heterocycles. The third-order valence-corrected chi connectivity index (χ3v) is 6.76. The summed E-state index contributed by atoms with van der Waals surface area (Å²) >= 11 is 0. The van der Waals surface area contributed by atoms with E-state index in [2.05, 4.69) is 15.4 Å². The first-order valence-corrected chi connectivity index (χ1v) is 12.5. The van der Waals surface area contributed by atoms with Crippen LogP contribution in [0.25, 0.3) is 0 Å². The first-order valence-electron chi connectivity index (χ1n) is 11.0. The number of ether oxygens (including phenoxy) is 1.